The number of imidazole rings is 1. The average molecular weight is 323 g/mol. The van der Waals surface area contributed by atoms with Gasteiger partial charge in [0.15, 0.2) is 0 Å². The summed E-state index contributed by atoms with van der Waals surface area (Å²) in [6, 6.07) is 11.1. The third kappa shape index (κ3) is 2.73. The normalized spacial score (nSPS) is 17.0. The zero-order valence-electron chi connectivity index (χ0n) is 14.7. The number of nitrogens with zero attached hydrogens (tertiary/aromatic N) is 5. The predicted molar refractivity (Wildman–Crippen MR) is 96.0 cm³/mol. The van der Waals surface area contributed by atoms with Crippen LogP contribution in [0.15, 0.2) is 30.3 Å². The first-order valence-electron chi connectivity index (χ1n) is 8.77. The quantitative estimate of drug-likeness (QED) is 0.743. The zero-order valence-corrected chi connectivity index (χ0v) is 14.7. The smallest absolute Gasteiger partial charge is 0.123 e. The van der Waals surface area contributed by atoms with Gasteiger partial charge in [-0.05, 0) is 44.9 Å². The van der Waals surface area contributed by atoms with Crippen LogP contribution < -0.4 is 0 Å². The summed E-state index contributed by atoms with van der Waals surface area (Å²) in [6.45, 7) is 7.36. The molecule has 5 nitrogen and oxygen atoms in total. The van der Waals surface area contributed by atoms with Gasteiger partial charge in [-0.1, -0.05) is 12.1 Å². The number of aromatic nitrogens is 4. The fraction of sp³-hybridized carbons (Fsp3) is 0.474. The summed E-state index contributed by atoms with van der Waals surface area (Å²) in [5, 5.41) is 4.67. The van der Waals surface area contributed by atoms with Crippen LogP contribution in [0.1, 0.15) is 36.1 Å². The lowest BCUT2D eigenvalue weighted by atomic mass is 10.1. The molecule has 0 N–H and O–H groups in total. The van der Waals surface area contributed by atoms with Crippen LogP contribution >= 0.6 is 0 Å². The molecule has 1 aliphatic rings. The Kier molecular flexibility index (Phi) is 3.88. The molecule has 0 unspecified atom stereocenters. The Hall–Kier alpha value is -2.14. The summed E-state index contributed by atoms with van der Waals surface area (Å²) in [5.74, 6) is 1.15. The Morgan fingerprint density at radius 2 is 1.88 bits per heavy atom. The number of fused-ring (bicyclic) bond motifs is 1. The molecule has 3 aromatic rings. The van der Waals surface area contributed by atoms with Crippen LogP contribution in [0.25, 0.3) is 11.0 Å². The van der Waals surface area contributed by atoms with E-state index >= 15 is 0 Å². The highest BCUT2D eigenvalue weighted by molar-refractivity contribution is 5.75. The molecule has 0 atom stereocenters. The summed E-state index contributed by atoms with van der Waals surface area (Å²) in [7, 11) is 2.12. The first kappa shape index (κ1) is 15.4. The molecule has 3 heterocycles. The topological polar surface area (TPSA) is 38.9 Å². The number of hydrogen-bond acceptors (Lipinski definition) is 3. The van der Waals surface area contributed by atoms with Crippen molar-refractivity contribution in [2.24, 2.45) is 7.05 Å². The van der Waals surface area contributed by atoms with Gasteiger partial charge in [0, 0.05) is 25.8 Å². The van der Waals surface area contributed by atoms with Crippen molar-refractivity contribution in [3.8, 4) is 0 Å². The van der Waals surface area contributed by atoms with Crippen molar-refractivity contribution in [3.05, 3.63) is 47.5 Å². The number of aryl methyl sites for hydroxylation is 3. The molecule has 0 bridgehead atoms. The lowest BCUT2D eigenvalue weighted by molar-refractivity contribution is 0.167. The highest BCUT2D eigenvalue weighted by Crippen LogP contribution is 2.25. The SMILES string of the molecule is Cc1cc(C)n(C2CCN(Cc3nc4ccccc4n3C)CC2)n1. The number of hydrogen-bond donors (Lipinski definition) is 0. The maximum Gasteiger partial charge on any atom is 0.123 e. The molecular weight excluding hydrogens is 298 g/mol. The zero-order chi connectivity index (χ0) is 16.7. The van der Waals surface area contributed by atoms with Crippen LogP contribution in [0.2, 0.25) is 0 Å². The molecule has 5 heteroatoms. The van der Waals surface area contributed by atoms with Gasteiger partial charge < -0.3 is 4.57 Å². The second-order valence-electron chi connectivity index (χ2n) is 6.95. The number of para-hydroxylation sites is 2. The fourth-order valence-electron chi connectivity index (χ4n) is 3.87. The number of piperidine rings is 1. The summed E-state index contributed by atoms with van der Waals surface area (Å²) in [6.07, 6.45) is 2.32. The van der Waals surface area contributed by atoms with Crippen molar-refractivity contribution in [1.82, 2.24) is 24.2 Å². The molecule has 1 fully saturated rings. The van der Waals surface area contributed by atoms with Gasteiger partial charge >= 0.3 is 0 Å². The van der Waals surface area contributed by atoms with Crippen molar-refractivity contribution in [3.63, 3.8) is 0 Å². The average Bonchev–Trinajstić information content (AvgIpc) is 3.08. The first-order chi connectivity index (χ1) is 11.6. The number of likely N-dealkylation sites (tertiary alicyclic amines) is 1. The molecule has 1 aliphatic heterocycles. The van der Waals surface area contributed by atoms with E-state index in [2.05, 4.69) is 70.5 Å². The Balaban J connectivity index is 1.44. The van der Waals surface area contributed by atoms with E-state index in [1.165, 1.54) is 11.2 Å². The highest BCUT2D eigenvalue weighted by Gasteiger charge is 2.23. The second kappa shape index (κ2) is 6.06. The number of benzene rings is 1. The predicted octanol–water partition coefficient (Wildman–Crippen LogP) is 3.22. The molecular formula is C19H25N5. The van der Waals surface area contributed by atoms with Gasteiger partial charge in [0.25, 0.3) is 0 Å². The maximum atomic E-state index is 4.80. The molecule has 1 aromatic carbocycles. The molecule has 4 rings (SSSR count). The van der Waals surface area contributed by atoms with Crippen molar-refractivity contribution < 1.29 is 0 Å². The molecule has 126 valence electrons. The maximum absolute atomic E-state index is 4.80. The van der Waals surface area contributed by atoms with E-state index < -0.39 is 0 Å². The van der Waals surface area contributed by atoms with Crippen molar-refractivity contribution in [2.75, 3.05) is 13.1 Å². The van der Waals surface area contributed by atoms with Gasteiger partial charge in [-0.2, -0.15) is 5.10 Å². The van der Waals surface area contributed by atoms with Crippen LogP contribution in [0.3, 0.4) is 0 Å². The molecule has 1 saturated heterocycles. The summed E-state index contributed by atoms with van der Waals surface area (Å²) in [5.41, 5.74) is 4.70. The van der Waals surface area contributed by atoms with E-state index in [1.807, 2.05) is 0 Å². The Morgan fingerprint density at radius 3 is 2.54 bits per heavy atom. The first-order valence-corrected chi connectivity index (χ1v) is 8.77. The van der Waals surface area contributed by atoms with E-state index in [0.29, 0.717) is 6.04 Å². The third-order valence-corrected chi connectivity index (χ3v) is 5.19. The lowest BCUT2D eigenvalue weighted by Crippen LogP contribution is -2.35. The largest absolute Gasteiger partial charge is 0.330 e. The molecule has 0 radical (unpaired) electrons. The van der Waals surface area contributed by atoms with E-state index in [0.717, 1.165) is 49.5 Å². The summed E-state index contributed by atoms with van der Waals surface area (Å²) >= 11 is 0. The van der Waals surface area contributed by atoms with Gasteiger partial charge in [0.1, 0.15) is 5.82 Å². The van der Waals surface area contributed by atoms with Crippen LogP contribution in [-0.2, 0) is 13.6 Å². The Bertz CT molecular complexity index is 852. The highest BCUT2D eigenvalue weighted by atomic mass is 15.3. The van der Waals surface area contributed by atoms with Crippen LogP contribution in [0.4, 0.5) is 0 Å². The van der Waals surface area contributed by atoms with E-state index in [4.69, 9.17) is 4.98 Å². The van der Waals surface area contributed by atoms with Crippen molar-refractivity contribution >= 4 is 11.0 Å². The van der Waals surface area contributed by atoms with Crippen molar-refractivity contribution in [2.45, 2.75) is 39.3 Å². The molecule has 0 amide bonds. The van der Waals surface area contributed by atoms with Gasteiger partial charge in [-0.15, -0.1) is 0 Å². The van der Waals surface area contributed by atoms with Gasteiger partial charge in [0.05, 0.1) is 29.3 Å². The summed E-state index contributed by atoms with van der Waals surface area (Å²) in [4.78, 5) is 7.32. The van der Waals surface area contributed by atoms with E-state index in [-0.39, 0.29) is 0 Å². The molecule has 2 aromatic heterocycles. The fourth-order valence-corrected chi connectivity index (χ4v) is 3.87. The molecule has 0 spiro atoms. The third-order valence-electron chi connectivity index (χ3n) is 5.19. The molecule has 0 saturated carbocycles. The minimum atomic E-state index is 0.537. The lowest BCUT2D eigenvalue weighted by Gasteiger charge is -2.32. The number of rotatable bonds is 3. The van der Waals surface area contributed by atoms with E-state index in [1.54, 1.807) is 0 Å². The van der Waals surface area contributed by atoms with Crippen LogP contribution in [-0.4, -0.2) is 37.3 Å². The van der Waals surface area contributed by atoms with Crippen molar-refractivity contribution in [1.29, 1.82) is 0 Å². The summed E-state index contributed by atoms with van der Waals surface area (Å²) < 4.78 is 4.45. The minimum Gasteiger partial charge on any atom is -0.330 e. The standard InChI is InChI=1S/C19H25N5/c1-14-12-15(2)24(21-14)16-8-10-23(11-9-16)13-19-20-17-6-4-5-7-18(17)22(19)3/h4-7,12,16H,8-11,13H2,1-3H3. The Morgan fingerprint density at radius 1 is 1.12 bits per heavy atom. The van der Waals surface area contributed by atoms with Crippen LogP contribution in [0, 0.1) is 13.8 Å². The molecule has 24 heavy (non-hydrogen) atoms. The molecule has 0 aliphatic carbocycles. The monoisotopic (exact) mass is 323 g/mol. The van der Waals surface area contributed by atoms with Gasteiger partial charge in [-0.3, -0.25) is 9.58 Å². The van der Waals surface area contributed by atoms with Gasteiger partial charge in [-0.25, -0.2) is 4.98 Å². The minimum absolute atomic E-state index is 0.537. The van der Waals surface area contributed by atoms with Gasteiger partial charge in [0.2, 0.25) is 0 Å². The van der Waals surface area contributed by atoms with Crippen LogP contribution in [0.5, 0.6) is 0 Å². The Labute approximate surface area is 142 Å². The van der Waals surface area contributed by atoms with E-state index in [9.17, 15) is 0 Å². The second-order valence-corrected chi connectivity index (χ2v) is 6.95.